The molecule has 0 atom stereocenters. The predicted octanol–water partition coefficient (Wildman–Crippen LogP) is 3.41. The zero-order chi connectivity index (χ0) is 15.2. The number of hydrogen-bond acceptors (Lipinski definition) is 4. The molecule has 0 amide bonds. The molecule has 1 aromatic rings. The van der Waals surface area contributed by atoms with Crippen LogP contribution in [-0.4, -0.2) is 37.7 Å². The second kappa shape index (κ2) is 8.13. The van der Waals surface area contributed by atoms with Crippen LogP contribution in [0.15, 0.2) is 6.07 Å². The van der Waals surface area contributed by atoms with E-state index in [4.69, 9.17) is 4.74 Å². The van der Waals surface area contributed by atoms with Crippen LogP contribution < -0.4 is 5.32 Å². The molecule has 116 valence electrons. The fraction of sp³-hybridized carbons (Fsp3) is 0.750. The molecule has 3 nitrogen and oxygen atoms in total. The van der Waals surface area contributed by atoms with Crippen LogP contribution in [0.1, 0.15) is 42.5 Å². The summed E-state index contributed by atoms with van der Waals surface area (Å²) in [5, 5.41) is 3.55. The van der Waals surface area contributed by atoms with Crippen LogP contribution in [0.4, 0.5) is 0 Å². The highest BCUT2D eigenvalue weighted by atomic mass is 32.1. The Balaban J connectivity index is 2.48. The number of methoxy groups -OCH3 is 1. The fourth-order valence-electron chi connectivity index (χ4n) is 2.03. The summed E-state index contributed by atoms with van der Waals surface area (Å²) >= 11 is 1.91. The van der Waals surface area contributed by atoms with Gasteiger partial charge in [0, 0.05) is 48.6 Å². The van der Waals surface area contributed by atoms with Gasteiger partial charge < -0.3 is 15.0 Å². The van der Waals surface area contributed by atoms with E-state index in [0.717, 1.165) is 32.7 Å². The van der Waals surface area contributed by atoms with Gasteiger partial charge in [0.15, 0.2) is 0 Å². The largest absolute Gasteiger partial charge is 0.385 e. The first-order chi connectivity index (χ1) is 9.31. The van der Waals surface area contributed by atoms with Gasteiger partial charge in [-0.25, -0.2) is 0 Å². The van der Waals surface area contributed by atoms with Gasteiger partial charge in [-0.2, -0.15) is 0 Å². The molecule has 0 fully saturated rings. The second-order valence-electron chi connectivity index (χ2n) is 6.48. The summed E-state index contributed by atoms with van der Waals surface area (Å²) in [4.78, 5) is 5.24. The van der Waals surface area contributed by atoms with Crippen molar-refractivity contribution < 1.29 is 4.74 Å². The Morgan fingerprint density at radius 2 is 2.05 bits per heavy atom. The molecule has 1 rings (SSSR count). The minimum atomic E-state index is 0.176. The summed E-state index contributed by atoms with van der Waals surface area (Å²) in [6.07, 6.45) is 1.09. The van der Waals surface area contributed by atoms with Gasteiger partial charge in [0.25, 0.3) is 0 Å². The Bertz CT molecular complexity index is 396. The Morgan fingerprint density at radius 1 is 1.35 bits per heavy atom. The van der Waals surface area contributed by atoms with E-state index in [9.17, 15) is 0 Å². The Morgan fingerprint density at radius 3 is 2.65 bits per heavy atom. The van der Waals surface area contributed by atoms with E-state index in [-0.39, 0.29) is 5.54 Å². The van der Waals surface area contributed by atoms with Crippen molar-refractivity contribution >= 4 is 11.3 Å². The minimum Gasteiger partial charge on any atom is -0.385 e. The Kier molecular flexibility index (Phi) is 7.17. The van der Waals surface area contributed by atoms with Crippen molar-refractivity contribution in [3.63, 3.8) is 0 Å². The fourth-order valence-corrected chi connectivity index (χ4v) is 3.03. The van der Waals surface area contributed by atoms with Crippen molar-refractivity contribution in [2.75, 3.05) is 27.3 Å². The molecule has 1 aromatic heterocycles. The smallest absolute Gasteiger partial charge is 0.0474 e. The number of hydrogen-bond donors (Lipinski definition) is 1. The lowest BCUT2D eigenvalue weighted by Crippen LogP contribution is -2.34. The molecule has 0 radical (unpaired) electrons. The van der Waals surface area contributed by atoms with E-state index in [1.165, 1.54) is 15.3 Å². The molecule has 0 aliphatic heterocycles. The lowest BCUT2D eigenvalue weighted by molar-refractivity contribution is 0.178. The highest BCUT2D eigenvalue weighted by Crippen LogP contribution is 2.23. The summed E-state index contributed by atoms with van der Waals surface area (Å²) in [5.74, 6) is 0. The van der Waals surface area contributed by atoms with Crippen LogP contribution in [0.5, 0.6) is 0 Å². The standard InChI is InChI=1S/C16H30N2OS/c1-13-14(12-18(5)8-7-9-19-6)10-15(20-13)11-17-16(2,3)4/h10,17H,7-9,11-12H2,1-6H3. The van der Waals surface area contributed by atoms with Crippen molar-refractivity contribution in [1.82, 2.24) is 10.2 Å². The van der Waals surface area contributed by atoms with Crippen LogP contribution in [-0.2, 0) is 17.8 Å². The maximum Gasteiger partial charge on any atom is 0.0474 e. The molecule has 0 unspecified atom stereocenters. The molecule has 0 aliphatic carbocycles. The first kappa shape index (κ1) is 17.6. The Hall–Kier alpha value is -0.420. The van der Waals surface area contributed by atoms with Crippen molar-refractivity contribution in [3.8, 4) is 0 Å². The lowest BCUT2D eigenvalue weighted by Gasteiger charge is -2.19. The number of rotatable bonds is 8. The highest BCUT2D eigenvalue weighted by molar-refractivity contribution is 7.12. The third kappa shape index (κ3) is 6.84. The van der Waals surface area contributed by atoms with Gasteiger partial charge >= 0.3 is 0 Å². The van der Waals surface area contributed by atoms with E-state index < -0.39 is 0 Å². The van der Waals surface area contributed by atoms with Crippen molar-refractivity contribution in [1.29, 1.82) is 0 Å². The van der Waals surface area contributed by atoms with Gasteiger partial charge in [-0.3, -0.25) is 0 Å². The quantitative estimate of drug-likeness (QED) is 0.744. The molecule has 0 aliphatic rings. The SMILES string of the molecule is COCCCN(C)Cc1cc(CNC(C)(C)C)sc1C. The van der Waals surface area contributed by atoms with E-state index in [1.807, 2.05) is 11.3 Å². The summed E-state index contributed by atoms with van der Waals surface area (Å²) in [6, 6.07) is 2.35. The molecule has 0 saturated carbocycles. The van der Waals surface area contributed by atoms with E-state index >= 15 is 0 Å². The molecule has 1 N–H and O–H groups in total. The van der Waals surface area contributed by atoms with Gasteiger partial charge in [0.1, 0.15) is 0 Å². The molecule has 4 heteroatoms. The summed E-state index contributed by atoms with van der Waals surface area (Å²) in [5.41, 5.74) is 1.63. The van der Waals surface area contributed by atoms with Crippen molar-refractivity contribution in [2.24, 2.45) is 0 Å². The van der Waals surface area contributed by atoms with E-state index in [0.29, 0.717) is 0 Å². The monoisotopic (exact) mass is 298 g/mol. The van der Waals surface area contributed by atoms with Crippen LogP contribution in [0.2, 0.25) is 0 Å². The molecule has 1 heterocycles. The van der Waals surface area contributed by atoms with Gasteiger partial charge in [-0.15, -0.1) is 11.3 Å². The first-order valence-corrected chi connectivity index (χ1v) is 8.14. The zero-order valence-electron chi connectivity index (χ0n) is 13.9. The number of ether oxygens (including phenoxy) is 1. The maximum atomic E-state index is 5.10. The van der Waals surface area contributed by atoms with Gasteiger partial charge in [-0.05, 0) is 52.8 Å². The number of thiophene rings is 1. The van der Waals surface area contributed by atoms with Crippen molar-refractivity contribution in [2.45, 2.75) is 52.7 Å². The van der Waals surface area contributed by atoms with Crippen LogP contribution in [0.25, 0.3) is 0 Å². The Labute approximate surface area is 128 Å². The minimum absolute atomic E-state index is 0.176. The van der Waals surface area contributed by atoms with Crippen LogP contribution >= 0.6 is 11.3 Å². The van der Waals surface area contributed by atoms with Gasteiger partial charge in [0.05, 0.1) is 0 Å². The summed E-state index contributed by atoms with van der Waals surface area (Å²) in [6.45, 7) is 12.8. The molecule has 0 saturated heterocycles. The van der Waals surface area contributed by atoms with Crippen molar-refractivity contribution in [3.05, 3.63) is 21.4 Å². The number of nitrogens with zero attached hydrogens (tertiary/aromatic N) is 1. The maximum absolute atomic E-state index is 5.10. The molecular formula is C16H30N2OS. The normalized spacial score (nSPS) is 12.3. The molecule has 0 bridgehead atoms. The van der Waals surface area contributed by atoms with E-state index in [1.54, 1.807) is 7.11 Å². The molecular weight excluding hydrogens is 268 g/mol. The van der Waals surface area contributed by atoms with E-state index in [2.05, 4.69) is 51.0 Å². The molecule has 20 heavy (non-hydrogen) atoms. The first-order valence-electron chi connectivity index (χ1n) is 7.32. The third-order valence-electron chi connectivity index (χ3n) is 3.19. The van der Waals surface area contributed by atoms with Crippen LogP contribution in [0.3, 0.4) is 0 Å². The lowest BCUT2D eigenvalue weighted by atomic mass is 10.1. The predicted molar refractivity (Wildman–Crippen MR) is 88.5 cm³/mol. The summed E-state index contributed by atoms with van der Waals surface area (Å²) in [7, 11) is 3.94. The van der Waals surface area contributed by atoms with Gasteiger partial charge in [0.2, 0.25) is 0 Å². The van der Waals surface area contributed by atoms with Gasteiger partial charge in [-0.1, -0.05) is 0 Å². The average molecular weight is 298 g/mol. The van der Waals surface area contributed by atoms with Crippen LogP contribution in [0, 0.1) is 6.92 Å². The third-order valence-corrected chi connectivity index (χ3v) is 4.29. The number of aryl methyl sites for hydroxylation is 1. The second-order valence-corrected chi connectivity index (χ2v) is 7.82. The average Bonchev–Trinajstić information content (AvgIpc) is 2.67. The summed E-state index contributed by atoms with van der Waals surface area (Å²) < 4.78 is 5.10. The number of nitrogens with one attached hydrogen (secondary N) is 1. The zero-order valence-corrected chi connectivity index (χ0v) is 14.7. The molecule has 0 aromatic carbocycles. The highest BCUT2D eigenvalue weighted by Gasteiger charge is 2.12. The topological polar surface area (TPSA) is 24.5 Å². The molecule has 0 spiro atoms.